The average molecular weight is 337 g/mol. The number of rotatable bonds is 5. The topological polar surface area (TPSA) is 54.5 Å². The third-order valence-electron chi connectivity index (χ3n) is 5.10. The molecule has 1 unspecified atom stereocenters. The van der Waals surface area contributed by atoms with Crippen LogP contribution in [-0.4, -0.2) is 28.5 Å². The van der Waals surface area contributed by atoms with Gasteiger partial charge in [-0.25, -0.2) is 0 Å². The first kappa shape index (κ1) is 17.3. The molecular formula is C21H23NO3. The number of aldehydes is 1. The van der Waals surface area contributed by atoms with Crippen molar-refractivity contribution in [1.82, 2.24) is 4.90 Å². The van der Waals surface area contributed by atoms with Crippen molar-refractivity contribution in [3.05, 3.63) is 58.7 Å². The SMILES string of the molecule is CC(C)=CCCC1=CCC(C=O)(N2C(=O)c3ccccc3C2=O)CC1. The van der Waals surface area contributed by atoms with E-state index in [-0.39, 0.29) is 11.8 Å². The largest absolute Gasteiger partial charge is 0.301 e. The van der Waals surface area contributed by atoms with Crippen LogP contribution in [-0.2, 0) is 4.79 Å². The summed E-state index contributed by atoms with van der Waals surface area (Å²) in [5.74, 6) is -0.705. The van der Waals surface area contributed by atoms with Crippen molar-refractivity contribution < 1.29 is 14.4 Å². The molecule has 0 aromatic heterocycles. The van der Waals surface area contributed by atoms with Crippen LogP contribution in [0.2, 0.25) is 0 Å². The second-order valence-electron chi connectivity index (χ2n) is 7.10. The molecule has 1 heterocycles. The molecule has 0 saturated heterocycles. The highest BCUT2D eigenvalue weighted by Gasteiger charge is 2.49. The molecule has 0 N–H and O–H groups in total. The molecule has 0 bridgehead atoms. The highest BCUT2D eigenvalue weighted by molar-refractivity contribution is 6.22. The summed E-state index contributed by atoms with van der Waals surface area (Å²) in [7, 11) is 0. The van der Waals surface area contributed by atoms with Crippen molar-refractivity contribution in [2.45, 2.75) is 51.5 Å². The third kappa shape index (κ3) is 3.09. The van der Waals surface area contributed by atoms with Crippen LogP contribution in [0.4, 0.5) is 0 Å². The maximum atomic E-state index is 12.7. The lowest BCUT2D eigenvalue weighted by molar-refractivity contribution is -0.116. The Bertz CT molecular complexity index is 751. The number of carbonyl (C=O) groups is 3. The quantitative estimate of drug-likeness (QED) is 0.462. The number of fused-ring (bicyclic) bond motifs is 1. The molecule has 4 heteroatoms. The molecule has 130 valence electrons. The first-order valence-corrected chi connectivity index (χ1v) is 8.74. The van der Waals surface area contributed by atoms with Crippen LogP contribution in [0.5, 0.6) is 0 Å². The molecular weight excluding hydrogens is 314 g/mol. The number of hydrogen-bond donors (Lipinski definition) is 0. The van der Waals surface area contributed by atoms with E-state index in [9.17, 15) is 14.4 Å². The number of hydrogen-bond acceptors (Lipinski definition) is 3. The van der Waals surface area contributed by atoms with Gasteiger partial charge in [-0.3, -0.25) is 14.5 Å². The monoisotopic (exact) mass is 337 g/mol. The summed E-state index contributed by atoms with van der Waals surface area (Å²) in [6, 6.07) is 6.78. The molecule has 0 spiro atoms. The lowest BCUT2D eigenvalue weighted by atomic mass is 9.81. The summed E-state index contributed by atoms with van der Waals surface area (Å²) in [5, 5.41) is 0. The molecule has 0 fully saturated rings. The van der Waals surface area contributed by atoms with Gasteiger partial charge in [0.1, 0.15) is 11.8 Å². The number of allylic oxidation sites excluding steroid dienone is 3. The maximum Gasteiger partial charge on any atom is 0.262 e. The molecule has 0 saturated carbocycles. The molecule has 3 rings (SSSR count). The Morgan fingerprint density at radius 2 is 1.80 bits per heavy atom. The zero-order chi connectivity index (χ0) is 18.0. The second-order valence-corrected chi connectivity index (χ2v) is 7.10. The fourth-order valence-corrected chi connectivity index (χ4v) is 3.63. The number of amides is 2. The van der Waals surface area contributed by atoms with Crippen molar-refractivity contribution in [2.75, 3.05) is 0 Å². The molecule has 2 amide bonds. The number of carbonyl (C=O) groups excluding carboxylic acids is 3. The summed E-state index contributed by atoms with van der Waals surface area (Å²) < 4.78 is 0. The predicted octanol–water partition coefficient (Wildman–Crippen LogP) is 4.08. The van der Waals surface area contributed by atoms with E-state index in [1.54, 1.807) is 24.3 Å². The first-order valence-electron chi connectivity index (χ1n) is 8.74. The second kappa shape index (κ2) is 6.79. The van der Waals surface area contributed by atoms with E-state index in [1.807, 2.05) is 6.08 Å². The van der Waals surface area contributed by atoms with E-state index in [4.69, 9.17) is 0 Å². The fraction of sp³-hybridized carbons (Fsp3) is 0.381. The molecule has 1 aromatic rings. The van der Waals surface area contributed by atoms with Crippen LogP contribution < -0.4 is 0 Å². The number of benzene rings is 1. The van der Waals surface area contributed by atoms with Gasteiger partial charge in [0.05, 0.1) is 11.1 Å². The molecule has 1 atom stereocenters. The van der Waals surface area contributed by atoms with Gasteiger partial charge in [0.25, 0.3) is 11.8 Å². The molecule has 1 aliphatic heterocycles. The van der Waals surface area contributed by atoms with E-state index in [2.05, 4.69) is 19.9 Å². The molecule has 1 aliphatic carbocycles. The van der Waals surface area contributed by atoms with Crippen LogP contribution in [0.15, 0.2) is 47.6 Å². The minimum Gasteiger partial charge on any atom is -0.301 e. The van der Waals surface area contributed by atoms with E-state index in [0.29, 0.717) is 24.0 Å². The zero-order valence-electron chi connectivity index (χ0n) is 14.7. The molecule has 25 heavy (non-hydrogen) atoms. The van der Waals surface area contributed by atoms with E-state index < -0.39 is 5.54 Å². The zero-order valence-corrected chi connectivity index (χ0v) is 14.7. The average Bonchev–Trinajstić information content (AvgIpc) is 2.87. The Hall–Kier alpha value is -2.49. The van der Waals surface area contributed by atoms with Gasteiger partial charge >= 0.3 is 0 Å². The van der Waals surface area contributed by atoms with Gasteiger partial charge in [-0.1, -0.05) is 35.4 Å². The highest BCUT2D eigenvalue weighted by atomic mass is 16.2. The Labute approximate surface area is 148 Å². The summed E-state index contributed by atoms with van der Waals surface area (Å²) in [6.07, 6.45) is 8.62. The van der Waals surface area contributed by atoms with E-state index in [0.717, 1.165) is 25.5 Å². The smallest absolute Gasteiger partial charge is 0.262 e. The first-order chi connectivity index (χ1) is 12.0. The van der Waals surface area contributed by atoms with Crippen molar-refractivity contribution >= 4 is 18.1 Å². The van der Waals surface area contributed by atoms with Crippen molar-refractivity contribution in [1.29, 1.82) is 0 Å². The Morgan fingerprint density at radius 3 is 2.28 bits per heavy atom. The van der Waals surface area contributed by atoms with E-state index in [1.165, 1.54) is 16.0 Å². The van der Waals surface area contributed by atoms with Gasteiger partial charge in [-0.2, -0.15) is 0 Å². The Balaban J connectivity index is 1.81. The van der Waals surface area contributed by atoms with Crippen LogP contribution in [0.1, 0.15) is 66.7 Å². The number of nitrogens with zero attached hydrogens (tertiary/aromatic N) is 1. The lowest BCUT2D eigenvalue weighted by Gasteiger charge is -2.38. The normalized spacial score (nSPS) is 22.5. The van der Waals surface area contributed by atoms with Gasteiger partial charge < -0.3 is 4.79 Å². The van der Waals surface area contributed by atoms with Crippen LogP contribution >= 0.6 is 0 Å². The van der Waals surface area contributed by atoms with E-state index >= 15 is 0 Å². The molecule has 1 aromatic carbocycles. The maximum absolute atomic E-state index is 12.7. The summed E-state index contributed by atoms with van der Waals surface area (Å²) >= 11 is 0. The van der Waals surface area contributed by atoms with Crippen LogP contribution in [0.25, 0.3) is 0 Å². The van der Waals surface area contributed by atoms with Crippen molar-refractivity contribution in [2.24, 2.45) is 0 Å². The summed E-state index contributed by atoms with van der Waals surface area (Å²) in [4.78, 5) is 38.6. The van der Waals surface area contributed by atoms with Crippen LogP contribution in [0.3, 0.4) is 0 Å². The molecule has 4 nitrogen and oxygen atoms in total. The summed E-state index contributed by atoms with van der Waals surface area (Å²) in [6.45, 7) is 4.16. The fourth-order valence-electron chi connectivity index (χ4n) is 3.63. The minimum absolute atomic E-state index is 0.353. The van der Waals surface area contributed by atoms with Crippen molar-refractivity contribution in [3.8, 4) is 0 Å². The van der Waals surface area contributed by atoms with Gasteiger partial charge in [0.15, 0.2) is 0 Å². The Kier molecular flexibility index (Phi) is 4.71. The van der Waals surface area contributed by atoms with Gasteiger partial charge in [0, 0.05) is 0 Å². The van der Waals surface area contributed by atoms with Gasteiger partial charge in [-0.05, 0) is 58.1 Å². The Morgan fingerprint density at radius 1 is 1.16 bits per heavy atom. The summed E-state index contributed by atoms with van der Waals surface area (Å²) in [5.41, 5.74) is 2.34. The standard InChI is InChI=1S/C21H23NO3/c1-15(2)6-5-7-16-10-12-21(14-23,13-11-16)22-19(24)17-8-3-4-9-18(17)20(22)25/h3-4,6,8-10,14H,5,7,11-13H2,1-2H3. The lowest BCUT2D eigenvalue weighted by Crippen LogP contribution is -2.53. The van der Waals surface area contributed by atoms with Gasteiger partial charge in [0.2, 0.25) is 0 Å². The highest BCUT2D eigenvalue weighted by Crippen LogP contribution is 2.38. The predicted molar refractivity (Wildman–Crippen MR) is 96.3 cm³/mol. The minimum atomic E-state index is -1.05. The van der Waals surface area contributed by atoms with Crippen LogP contribution in [0, 0.1) is 0 Å². The number of imide groups is 1. The van der Waals surface area contributed by atoms with Crippen molar-refractivity contribution in [3.63, 3.8) is 0 Å². The van der Waals surface area contributed by atoms with Gasteiger partial charge in [-0.15, -0.1) is 0 Å². The molecule has 2 aliphatic rings. The third-order valence-corrected chi connectivity index (χ3v) is 5.10. The molecule has 0 radical (unpaired) electrons.